The molecule has 0 aromatic carbocycles. The van der Waals surface area contributed by atoms with Crippen molar-refractivity contribution in [3.63, 3.8) is 0 Å². The summed E-state index contributed by atoms with van der Waals surface area (Å²) in [6, 6.07) is 0. The lowest BCUT2D eigenvalue weighted by Gasteiger charge is -2.03. The molecule has 0 aliphatic rings. The van der Waals surface area contributed by atoms with Crippen LogP contribution >= 0.6 is 0 Å². The van der Waals surface area contributed by atoms with E-state index in [0.717, 1.165) is 5.56 Å². The average molecular weight is 225 g/mol. The highest BCUT2D eigenvalue weighted by Crippen LogP contribution is 1.95. The Kier molecular flexibility index (Phi) is 4.50. The van der Waals surface area contributed by atoms with E-state index in [4.69, 9.17) is 0 Å². The third kappa shape index (κ3) is 3.72. The van der Waals surface area contributed by atoms with E-state index in [9.17, 15) is 9.59 Å². The molecule has 0 fully saturated rings. The number of carbonyl (C=O) groups excluding carboxylic acids is 2. The van der Waals surface area contributed by atoms with Gasteiger partial charge in [-0.15, -0.1) is 0 Å². The van der Waals surface area contributed by atoms with Crippen LogP contribution in [0.1, 0.15) is 12.5 Å². The Morgan fingerprint density at radius 3 is 2.88 bits per heavy atom. The van der Waals surface area contributed by atoms with Crippen LogP contribution in [0.25, 0.3) is 0 Å². The zero-order valence-corrected chi connectivity index (χ0v) is 9.40. The minimum atomic E-state index is -0.839. The van der Waals surface area contributed by atoms with Gasteiger partial charge in [0.1, 0.15) is 0 Å². The fourth-order valence-corrected chi connectivity index (χ4v) is 1.19. The summed E-state index contributed by atoms with van der Waals surface area (Å²) in [5.41, 5.74) is 1.01. The van der Waals surface area contributed by atoms with Crippen molar-refractivity contribution >= 4 is 11.9 Å². The van der Waals surface area contributed by atoms with E-state index in [2.05, 4.69) is 15.2 Å². The molecule has 1 rings (SSSR count). The van der Waals surface area contributed by atoms with Crippen LogP contribution in [0.5, 0.6) is 0 Å². The number of nitrogens with zero attached hydrogens (tertiary/aromatic N) is 2. The van der Waals surface area contributed by atoms with Crippen LogP contribution in [0, 0.1) is 0 Å². The van der Waals surface area contributed by atoms with Crippen molar-refractivity contribution < 1.29 is 14.3 Å². The van der Waals surface area contributed by atoms with Gasteiger partial charge in [-0.1, -0.05) is 0 Å². The van der Waals surface area contributed by atoms with Gasteiger partial charge in [-0.3, -0.25) is 9.48 Å². The summed E-state index contributed by atoms with van der Waals surface area (Å²) >= 11 is 0. The number of hydrogen-bond acceptors (Lipinski definition) is 4. The Hall–Kier alpha value is -1.85. The average Bonchev–Trinajstić information content (AvgIpc) is 2.64. The predicted molar refractivity (Wildman–Crippen MR) is 56.6 cm³/mol. The number of aryl methyl sites for hydroxylation is 1. The fourth-order valence-electron chi connectivity index (χ4n) is 1.19. The number of amides is 1. The van der Waals surface area contributed by atoms with Gasteiger partial charge in [0, 0.05) is 19.8 Å². The van der Waals surface area contributed by atoms with E-state index in [1.807, 2.05) is 13.2 Å². The molecule has 0 radical (unpaired) electrons. The van der Waals surface area contributed by atoms with Crippen molar-refractivity contribution in [1.82, 2.24) is 15.1 Å². The van der Waals surface area contributed by atoms with Crippen LogP contribution < -0.4 is 5.32 Å². The van der Waals surface area contributed by atoms with Gasteiger partial charge in [-0.05, 0) is 18.9 Å². The molecule has 1 heterocycles. The highest BCUT2D eigenvalue weighted by atomic mass is 16.5. The lowest BCUT2D eigenvalue weighted by Crippen LogP contribution is -2.33. The number of rotatable bonds is 4. The molecule has 6 heteroatoms. The summed E-state index contributed by atoms with van der Waals surface area (Å²) in [7, 11) is 1.82. The summed E-state index contributed by atoms with van der Waals surface area (Å²) in [6.07, 6.45) is 4.21. The van der Waals surface area contributed by atoms with Crippen LogP contribution in [0.15, 0.2) is 12.4 Å². The minimum absolute atomic E-state index is 0.203. The zero-order valence-electron chi connectivity index (χ0n) is 9.40. The lowest BCUT2D eigenvalue weighted by atomic mass is 10.2. The maximum Gasteiger partial charge on any atom is 0.396 e. The highest BCUT2D eigenvalue weighted by molar-refractivity contribution is 6.32. The second kappa shape index (κ2) is 5.89. The summed E-state index contributed by atoms with van der Waals surface area (Å²) < 4.78 is 6.23. The third-order valence-electron chi connectivity index (χ3n) is 1.92. The van der Waals surface area contributed by atoms with Gasteiger partial charge >= 0.3 is 11.9 Å². The molecule has 0 unspecified atom stereocenters. The van der Waals surface area contributed by atoms with Crippen molar-refractivity contribution in [2.75, 3.05) is 13.2 Å². The molecule has 1 N–H and O–H groups in total. The summed E-state index contributed by atoms with van der Waals surface area (Å²) in [5, 5.41) is 6.47. The monoisotopic (exact) mass is 225 g/mol. The van der Waals surface area contributed by atoms with Gasteiger partial charge in [0.25, 0.3) is 0 Å². The number of carbonyl (C=O) groups is 2. The Bertz CT molecular complexity index is 373. The maximum absolute atomic E-state index is 11.1. The van der Waals surface area contributed by atoms with Crippen LogP contribution in [-0.4, -0.2) is 34.8 Å². The van der Waals surface area contributed by atoms with Gasteiger partial charge in [-0.2, -0.15) is 5.10 Å². The number of nitrogens with one attached hydrogen (secondary N) is 1. The minimum Gasteiger partial charge on any atom is -0.459 e. The number of ether oxygens (including phenoxy) is 1. The van der Waals surface area contributed by atoms with Crippen molar-refractivity contribution in [2.24, 2.45) is 7.05 Å². The van der Waals surface area contributed by atoms with E-state index >= 15 is 0 Å². The van der Waals surface area contributed by atoms with Crippen molar-refractivity contribution in [2.45, 2.75) is 13.3 Å². The Labute approximate surface area is 93.6 Å². The smallest absolute Gasteiger partial charge is 0.396 e. The first kappa shape index (κ1) is 12.2. The molecule has 1 amide bonds. The van der Waals surface area contributed by atoms with Crippen molar-refractivity contribution in [3.8, 4) is 0 Å². The van der Waals surface area contributed by atoms with E-state index in [1.54, 1.807) is 17.8 Å². The molecular formula is C10H15N3O3. The van der Waals surface area contributed by atoms with Crippen LogP contribution in [0.4, 0.5) is 0 Å². The molecule has 1 aromatic rings. The summed E-state index contributed by atoms with van der Waals surface area (Å²) in [6.45, 7) is 2.25. The second-order valence-electron chi connectivity index (χ2n) is 3.25. The van der Waals surface area contributed by atoms with Gasteiger partial charge in [0.15, 0.2) is 0 Å². The first-order valence-electron chi connectivity index (χ1n) is 5.06. The van der Waals surface area contributed by atoms with E-state index < -0.39 is 11.9 Å². The molecule has 0 saturated carbocycles. The molecule has 0 atom stereocenters. The molecule has 0 aliphatic carbocycles. The Morgan fingerprint density at radius 2 is 2.31 bits per heavy atom. The summed E-state index contributed by atoms with van der Waals surface area (Å²) in [4.78, 5) is 22.1. The van der Waals surface area contributed by atoms with E-state index in [1.165, 1.54) is 0 Å². The van der Waals surface area contributed by atoms with Gasteiger partial charge in [-0.25, -0.2) is 4.79 Å². The number of aromatic nitrogens is 2. The number of hydrogen-bond donors (Lipinski definition) is 1. The third-order valence-corrected chi connectivity index (χ3v) is 1.92. The fraction of sp³-hybridized carbons (Fsp3) is 0.500. The molecule has 88 valence electrons. The van der Waals surface area contributed by atoms with Crippen LogP contribution in [0.3, 0.4) is 0 Å². The standard InChI is InChI=1S/C10H15N3O3/c1-3-16-10(15)9(14)11-5-4-8-6-12-13(2)7-8/h6-7H,3-5H2,1-2H3,(H,11,14). The molecule has 6 nitrogen and oxygen atoms in total. The van der Waals surface area contributed by atoms with Gasteiger partial charge in [0.2, 0.25) is 0 Å². The van der Waals surface area contributed by atoms with Crippen molar-refractivity contribution in [3.05, 3.63) is 18.0 Å². The molecule has 16 heavy (non-hydrogen) atoms. The molecule has 0 aliphatic heterocycles. The maximum atomic E-state index is 11.1. The summed E-state index contributed by atoms with van der Waals surface area (Å²) in [5.74, 6) is -1.54. The van der Waals surface area contributed by atoms with Crippen LogP contribution in [-0.2, 0) is 27.8 Å². The van der Waals surface area contributed by atoms with Gasteiger partial charge in [0.05, 0.1) is 12.8 Å². The predicted octanol–water partition coefficient (Wildman–Crippen LogP) is -0.358. The second-order valence-corrected chi connectivity index (χ2v) is 3.25. The van der Waals surface area contributed by atoms with Crippen molar-refractivity contribution in [1.29, 1.82) is 0 Å². The molecule has 0 saturated heterocycles. The lowest BCUT2D eigenvalue weighted by molar-refractivity contribution is -0.154. The molecule has 1 aromatic heterocycles. The van der Waals surface area contributed by atoms with Crippen LogP contribution in [0.2, 0.25) is 0 Å². The quantitative estimate of drug-likeness (QED) is 0.561. The molecule has 0 spiro atoms. The zero-order chi connectivity index (χ0) is 12.0. The SMILES string of the molecule is CCOC(=O)C(=O)NCCc1cnn(C)c1. The van der Waals surface area contributed by atoms with E-state index in [-0.39, 0.29) is 6.61 Å². The Morgan fingerprint density at radius 1 is 1.56 bits per heavy atom. The normalized spacial score (nSPS) is 9.88. The highest BCUT2D eigenvalue weighted by Gasteiger charge is 2.13. The van der Waals surface area contributed by atoms with Gasteiger partial charge < -0.3 is 10.1 Å². The molecular weight excluding hydrogens is 210 g/mol. The topological polar surface area (TPSA) is 73.2 Å². The first-order valence-corrected chi connectivity index (χ1v) is 5.06. The van der Waals surface area contributed by atoms with E-state index in [0.29, 0.717) is 13.0 Å². The largest absolute Gasteiger partial charge is 0.459 e. The number of esters is 1. The Balaban J connectivity index is 2.25. The molecule has 0 bridgehead atoms. The first-order chi connectivity index (χ1) is 7.63.